The predicted octanol–water partition coefficient (Wildman–Crippen LogP) is 1.42. The highest BCUT2D eigenvalue weighted by Gasteiger charge is 2.07. The van der Waals surface area contributed by atoms with Gasteiger partial charge in [0.1, 0.15) is 6.42 Å². The van der Waals surface area contributed by atoms with Crippen LogP contribution in [-0.2, 0) is 11.3 Å². The van der Waals surface area contributed by atoms with E-state index in [0.717, 1.165) is 22.4 Å². The van der Waals surface area contributed by atoms with E-state index in [1.54, 1.807) is 0 Å². The van der Waals surface area contributed by atoms with E-state index in [4.69, 9.17) is 11.0 Å². The minimum absolute atomic E-state index is 0.111. The lowest BCUT2D eigenvalue weighted by Gasteiger charge is -2.12. The van der Waals surface area contributed by atoms with Crippen LogP contribution in [0.15, 0.2) is 12.1 Å². The highest BCUT2D eigenvalue weighted by Crippen LogP contribution is 2.19. The zero-order valence-electron chi connectivity index (χ0n) is 9.50. The van der Waals surface area contributed by atoms with Gasteiger partial charge >= 0.3 is 0 Å². The summed E-state index contributed by atoms with van der Waals surface area (Å²) in [7, 11) is 0. The summed E-state index contributed by atoms with van der Waals surface area (Å²) in [6.45, 7) is 4.32. The molecule has 4 heteroatoms. The third-order valence-corrected chi connectivity index (χ3v) is 2.58. The van der Waals surface area contributed by atoms with Crippen LogP contribution in [0.4, 0.5) is 5.69 Å². The van der Waals surface area contributed by atoms with E-state index in [-0.39, 0.29) is 12.3 Å². The summed E-state index contributed by atoms with van der Waals surface area (Å²) < 4.78 is 0. The number of hydrogen-bond acceptors (Lipinski definition) is 3. The van der Waals surface area contributed by atoms with Crippen LogP contribution in [-0.4, -0.2) is 5.91 Å². The van der Waals surface area contributed by atoms with Crippen LogP contribution in [0.2, 0.25) is 0 Å². The molecule has 1 aromatic carbocycles. The summed E-state index contributed by atoms with van der Waals surface area (Å²) in [5, 5.41) is 11.0. The van der Waals surface area contributed by atoms with Gasteiger partial charge in [-0.2, -0.15) is 5.26 Å². The van der Waals surface area contributed by atoms with Gasteiger partial charge in [-0.3, -0.25) is 4.79 Å². The lowest BCUT2D eigenvalue weighted by molar-refractivity contribution is -0.120. The maximum absolute atomic E-state index is 11.2. The molecule has 3 N–H and O–H groups in total. The first-order valence-electron chi connectivity index (χ1n) is 5.04. The molecule has 0 aliphatic carbocycles. The Kier molecular flexibility index (Phi) is 3.90. The molecule has 0 aromatic heterocycles. The summed E-state index contributed by atoms with van der Waals surface area (Å²) in [6.07, 6.45) is -0.111. The second kappa shape index (κ2) is 5.17. The molecule has 0 heterocycles. The number of hydrogen-bond donors (Lipinski definition) is 2. The molecule has 1 aromatic rings. The lowest BCUT2D eigenvalue weighted by atomic mass is 10.0. The van der Waals surface area contributed by atoms with E-state index in [2.05, 4.69) is 5.32 Å². The second-order valence-electron chi connectivity index (χ2n) is 3.69. The van der Waals surface area contributed by atoms with E-state index < -0.39 is 0 Å². The van der Waals surface area contributed by atoms with E-state index in [0.29, 0.717) is 6.54 Å². The molecule has 0 aliphatic heterocycles. The topological polar surface area (TPSA) is 78.9 Å². The SMILES string of the molecule is Cc1ccc(N)c(C)c1CNC(=O)CC#N. The maximum atomic E-state index is 11.2. The number of anilines is 1. The van der Waals surface area contributed by atoms with Gasteiger partial charge in [0.2, 0.25) is 5.91 Å². The summed E-state index contributed by atoms with van der Waals surface area (Å²) in [5.74, 6) is -0.260. The fourth-order valence-corrected chi connectivity index (χ4v) is 1.50. The Morgan fingerprint density at radius 2 is 2.19 bits per heavy atom. The molecule has 4 nitrogen and oxygen atoms in total. The van der Waals surface area contributed by atoms with E-state index in [9.17, 15) is 4.79 Å². The monoisotopic (exact) mass is 217 g/mol. The molecule has 0 bridgehead atoms. The van der Waals surface area contributed by atoms with Crippen molar-refractivity contribution < 1.29 is 4.79 Å². The number of amides is 1. The van der Waals surface area contributed by atoms with Crippen molar-refractivity contribution in [1.29, 1.82) is 5.26 Å². The normalized spacial score (nSPS) is 9.56. The van der Waals surface area contributed by atoms with E-state index in [1.165, 1.54) is 0 Å². The minimum Gasteiger partial charge on any atom is -0.399 e. The molecule has 0 saturated heterocycles. The number of benzene rings is 1. The maximum Gasteiger partial charge on any atom is 0.234 e. The van der Waals surface area contributed by atoms with Gasteiger partial charge < -0.3 is 11.1 Å². The molecule has 1 rings (SSSR count). The molecular formula is C12H15N3O. The number of nitrogen functional groups attached to an aromatic ring is 1. The predicted molar refractivity (Wildman–Crippen MR) is 62.4 cm³/mol. The Hall–Kier alpha value is -2.02. The number of carbonyl (C=O) groups is 1. The zero-order chi connectivity index (χ0) is 12.1. The van der Waals surface area contributed by atoms with Crippen LogP contribution in [0.25, 0.3) is 0 Å². The van der Waals surface area contributed by atoms with Crippen LogP contribution in [0, 0.1) is 25.2 Å². The Bertz CT molecular complexity index is 446. The molecular weight excluding hydrogens is 202 g/mol. The first-order valence-corrected chi connectivity index (χ1v) is 5.04. The van der Waals surface area contributed by atoms with Crippen LogP contribution >= 0.6 is 0 Å². The third-order valence-electron chi connectivity index (χ3n) is 2.58. The highest BCUT2D eigenvalue weighted by molar-refractivity contribution is 5.78. The van der Waals surface area contributed by atoms with Crippen molar-refractivity contribution in [3.05, 3.63) is 28.8 Å². The van der Waals surface area contributed by atoms with Crippen LogP contribution in [0.1, 0.15) is 23.1 Å². The molecule has 0 fully saturated rings. The third kappa shape index (κ3) is 2.74. The van der Waals surface area contributed by atoms with Gasteiger partial charge in [0.25, 0.3) is 0 Å². The molecule has 16 heavy (non-hydrogen) atoms. The van der Waals surface area contributed by atoms with Crippen molar-refractivity contribution in [2.24, 2.45) is 0 Å². The van der Waals surface area contributed by atoms with Crippen molar-refractivity contribution in [2.75, 3.05) is 5.73 Å². The average Bonchev–Trinajstić information content (AvgIpc) is 2.24. The fraction of sp³-hybridized carbons (Fsp3) is 0.333. The minimum atomic E-state index is -0.260. The van der Waals surface area contributed by atoms with Gasteiger partial charge in [0.15, 0.2) is 0 Å². The first kappa shape index (κ1) is 12.1. The molecule has 1 amide bonds. The zero-order valence-corrected chi connectivity index (χ0v) is 9.50. The lowest BCUT2D eigenvalue weighted by Crippen LogP contribution is -2.23. The molecule has 0 atom stereocenters. The summed E-state index contributed by atoms with van der Waals surface area (Å²) in [6, 6.07) is 5.58. The van der Waals surface area contributed by atoms with Crippen molar-refractivity contribution in [3.63, 3.8) is 0 Å². The number of carbonyl (C=O) groups excluding carboxylic acids is 1. The van der Waals surface area contributed by atoms with Gasteiger partial charge in [-0.05, 0) is 36.6 Å². The van der Waals surface area contributed by atoms with E-state index in [1.807, 2.05) is 32.0 Å². The van der Waals surface area contributed by atoms with Crippen molar-refractivity contribution in [3.8, 4) is 6.07 Å². The molecule has 84 valence electrons. The molecule has 0 unspecified atom stereocenters. The van der Waals surface area contributed by atoms with E-state index >= 15 is 0 Å². The number of nitriles is 1. The van der Waals surface area contributed by atoms with Gasteiger partial charge in [0.05, 0.1) is 6.07 Å². The van der Waals surface area contributed by atoms with Crippen molar-refractivity contribution in [1.82, 2.24) is 5.32 Å². The second-order valence-corrected chi connectivity index (χ2v) is 3.69. The Morgan fingerprint density at radius 1 is 1.50 bits per heavy atom. The average molecular weight is 217 g/mol. The quantitative estimate of drug-likeness (QED) is 0.751. The Labute approximate surface area is 95.1 Å². The Morgan fingerprint density at radius 3 is 2.81 bits per heavy atom. The molecule has 0 spiro atoms. The largest absolute Gasteiger partial charge is 0.399 e. The van der Waals surface area contributed by atoms with Crippen LogP contribution < -0.4 is 11.1 Å². The number of nitrogens with one attached hydrogen (secondary N) is 1. The van der Waals surface area contributed by atoms with Gasteiger partial charge in [-0.15, -0.1) is 0 Å². The molecule has 0 aliphatic rings. The number of nitrogens with zero attached hydrogens (tertiary/aromatic N) is 1. The fourth-order valence-electron chi connectivity index (χ4n) is 1.50. The smallest absolute Gasteiger partial charge is 0.234 e. The molecule has 0 saturated carbocycles. The van der Waals surface area contributed by atoms with Gasteiger partial charge in [-0.1, -0.05) is 6.07 Å². The van der Waals surface area contributed by atoms with Gasteiger partial charge in [0, 0.05) is 12.2 Å². The number of rotatable bonds is 3. The van der Waals surface area contributed by atoms with Crippen LogP contribution in [0.3, 0.4) is 0 Å². The van der Waals surface area contributed by atoms with Crippen LogP contribution in [0.5, 0.6) is 0 Å². The Balaban J connectivity index is 2.78. The number of nitrogens with two attached hydrogens (primary N) is 1. The van der Waals surface area contributed by atoms with Gasteiger partial charge in [-0.25, -0.2) is 0 Å². The summed E-state index contributed by atoms with van der Waals surface area (Å²) in [5.41, 5.74) is 9.60. The number of aryl methyl sites for hydroxylation is 1. The summed E-state index contributed by atoms with van der Waals surface area (Å²) in [4.78, 5) is 11.2. The standard InChI is InChI=1S/C12H15N3O/c1-8-3-4-11(14)9(2)10(8)7-15-12(16)5-6-13/h3-4H,5,7,14H2,1-2H3,(H,15,16). The van der Waals surface area contributed by atoms with Crippen molar-refractivity contribution >= 4 is 11.6 Å². The van der Waals surface area contributed by atoms with Crippen molar-refractivity contribution in [2.45, 2.75) is 26.8 Å². The highest BCUT2D eigenvalue weighted by atomic mass is 16.1. The molecule has 0 radical (unpaired) electrons. The first-order chi connectivity index (χ1) is 7.56. The summed E-state index contributed by atoms with van der Waals surface area (Å²) >= 11 is 0.